The van der Waals surface area contributed by atoms with Crippen LogP contribution in [0.4, 0.5) is 0 Å². The van der Waals surface area contributed by atoms with Crippen molar-refractivity contribution in [2.75, 3.05) is 0 Å². The molecule has 0 unspecified atom stereocenters. The topological polar surface area (TPSA) is 96.4 Å². The zero-order valence-electron chi connectivity index (χ0n) is 4.80. The fourth-order valence-electron chi connectivity index (χ4n) is 0.292. The summed E-state index contributed by atoms with van der Waals surface area (Å²) in [6, 6.07) is 0. The summed E-state index contributed by atoms with van der Waals surface area (Å²) in [5.74, 6) is -1.34. The Bertz CT molecular complexity index is 157. The van der Waals surface area contributed by atoms with Crippen molar-refractivity contribution in [3.63, 3.8) is 0 Å². The van der Waals surface area contributed by atoms with Crippen LogP contribution in [-0.2, 0) is 4.79 Å². The number of hydrogen-bond acceptors (Lipinski definition) is 3. The first kappa shape index (κ1) is 7.61. The smallest absolute Gasteiger partial charge is 0.364 e. The van der Waals surface area contributed by atoms with Gasteiger partial charge in [0.05, 0.1) is 10.9 Å². The van der Waals surface area contributed by atoms with Gasteiger partial charge in [0.15, 0.2) is 0 Å². The van der Waals surface area contributed by atoms with Gasteiger partial charge in [-0.15, -0.1) is 0 Å². The Morgan fingerprint density at radius 3 is 2.22 bits per heavy atom. The summed E-state index contributed by atoms with van der Waals surface area (Å²) in [5.41, 5.74) is -0.729. The number of nitrogens with one attached hydrogen (secondary N) is 1. The van der Waals surface area contributed by atoms with Gasteiger partial charge in [0, 0.05) is 0 Å². The van der Waals surface area contributed by atoms with Crippen molar-refractivity contribution in [1.82, 2.24) is 0 Å². The molecule has 5 nitrogen and oxygen atoms in total. The van der Waals surface area contributed by atoms with E-state index in [1.54, 1.807) is 0 Å². The van der Waals surface area contributed by atoms with Crippen LogP contribution in [0.25, 0.3) is 0 Å². The zero-order valence-corrected chi connectivity index (χ0v) is 4.80. The fourth-order valence-corrected chi connectivity index (χ4v) is 0.292. The number of hydrogen-bond donors (Lipinski definition) is 2. The van der Waals surface area contributed by atoms with Gasteiger partial charge in [-0.1, -0.05) is 0 Å². The maximum absolute atomic E-state index is 9.98. The van der Waals surface area contributed by atoms with E-state index in [9.17, 15) is 4.79 Å². The Morgan fingerprint density at radius 1 is 1.78 bits per heavy atom. The normalized spacial score (nSPS) is 11.0. The van der Waals surface area contributed by atoms with Gasteiger partial charge in [0.1, 0.15) is 0 Å². The maximum atomic E-state index is 9.98. The first-order valence-electron chi connectivity index (χ1n) is 2.12. The van der Waals surface area contributed by atoms with Crippen molar-refractivity contribution in [2.24, 2.45) is 5.16 Å². The van der Waals surface area contributed by atoms with Crippen LogP contribution in [0.15, 0.2) is 5.16 Å². The lowest BCUT2D eigenvalue weighted by molar-refractivity contribution is -0.129. The van der Waals surface area contributed by atoms with E-state index in [1.165, 1.54) is 6.92 Å². The molecule has 50 valence electrons. The quantitative estimate of drug-likeness (QED) is 0.291. The lowest BCUT2D eigenvalue weighted by atomic mass is 10.3. The first-order chi connectivity index (χ1) is 4.09. The Balaban J connectivity index is 4.38. The second kappa shape index (κ2) is 2.81. The van der Waals surface area contributed by atoms with Crippen molar-refractivity contribution in [2.45, 2.75) is 6.92 Å². The molecule has 4 N–H and O–H groups in total. The Hall–Kier alpha value is -1.39. The number of carbonyl (C=O) groups is 1. The molecule has 0 atom stereocenters. The number of rotatable bonds is 2. The summed E-state index contributed by atoms with van der Waals surface area (Å²) >= 11 is 0. The lowest BCUT2D eigenvalue weighted by Crippen LogP contribution is -2.20. The third-order valence-corrected chi connectivity index (χ3v) is 0.670. The van der Waals surface area contributed by atoms with Crippen LogP contribution in [0.1, 0.15) is 6.92 Å². The van der Waals surface area contributed by atoms with Gasteiger partial charge in [-0.05, 0) is 6.92 Å². The van der Waals surface area contributed by atoms with E-state index < -0.39 is 11.7 Å². The maximum Gasteiger partial charge on any atom is 0.364 e. The standard InChI is InChI=1S/C4H6N2O3/c1-2(5)3(6-9)4(7)8/h5,9H,1H3,(H,7,8)/p+1/b5-2?,6-3+. The van der Waals surface area contributed by atoms with E-state index in [-0.39, 0.29) is 5.71 Å². The van der Waals surface area contributed by atoms with Crippen LogP contribution in [0.5, 0.6) is 0 Å². The highest BCUT2D eigenvalue weighted by Gasteiger charge is 2.13. The molecule has 0 saturated carbocycles. The predicted octanol–water partition coefficient (Wildman–Crippen LogP) is -0.809. The molecule has 0 aromatic carbocycles. The van der Waals surface area contributed by atoms with Gasteiger partial charge in [-0.3, -0.25) is 0 Å². The average molecular weight is 131 g/mol. The minimum atomic E-state index is -1.34. The van der Waals surface area contributed by atoms with Gasteiger partial charge < -0.3 is 15.7 Å². The molecule has 0 aromatic rings. The van der Waals surface area contributed by atoms with Crippen molar-refractivity contribution < 1.29 is 15.1 Å². The Labute approximate surface area is 51.1 Å². The third-order valence-electron chi connectivity index (χ3n) is 0.670. The Morgan fingerprint density at radius 2 is 2.22 bits per heavy atom. The third kappa shape index (κ3) is 1.89. The van der Waals surface area contributed by atoms with Crippen molar-refractivity contribution >= 4 is 17.4 Å². The summed E-state index contributed by atoms with van der Waals surface area (Å²) in [4.78, 5) is 9.98. The predicted molar refractivity (Wildman–Crippen MR) is 32.1 cm³/mol. The minimum absolute atomic E-state index is 0.211. The van der Waals surface area contributed by atoms with Gasteiger partial charge in [-0.2, -0.15) is 0 Å². The lowest BCUT2D eigenvalue weighted by Gasteiger charge is -1.88. The molecule has 0 saturated heterocycles. The van der Waals surface area contributed by atoms with Crippen LogP contribution in [0.2, 0.25) is 0 Å². The van der Waals surface area contributed by atoms with E-state index in [2.05, 4.69) is 5.16 Å². The first-order valence-corrected chi connectivity index (χ1v) is 2.12. The van der Waals surface area contributed by atoms with E-state index >= 15 is 0 Å². The Kier molecular flexibility index (Phi) is 2.37. The van der Waals surface area contributed by atoms with Gasteiger partial charge in [-0.25, -0.2) is 4.79 Å². The molecular formula is C4H7N2O3+. The summed E-state index contributed by atoms with van der Waals surface area (Å²) in [6.45, 7) is 1.27. The van der Waals surface area contributed by atoms with E-state index in [1.807, 2.05) is 0 Å². The van der Waals surface area contributed by atoms with Crippen LogP contribution in [-0.4, -0.2) is 27.7 Å². The van der Waals surface area contributed by atoms with Crippen molar-refractivity contribution in [1.29, 1.82) is 5.41 Å². The average Bonchev–Trinajstić information content (AvgIpc) is 1.64. The second-order valence-corrected chi connectivity index (χ2v) is 1.39. The van der Waals surface area contributed by atoms with E-state index in [4.69, 9.17) is 15.7 Å². The SMILES string of the molecule is CC(=N)/C(=N\[OH2+])C(=O)O. The molecule has 0 aliphatic heterocycles. The van der Waals surface area contributed by atoms with Gasteiger partial charge in [0.2, 0.25) is 0 Å². The molecule has 0 heterocycles. The summed E-state index contributed by atoms with van der Waals surface area (Å²) in [6.07, 6.45) is 0. The number of carboxylic acid groups (broad SMARTS) is 1. The molecule has 0 radical (unpaired) electrons. The van der Waals surface area contributed by atoms with Crippen molar-refractivity contribution in [3.8, 4) is 0 Å². The molecule has 0 rings (SSSR count). The molecular weight excluding hydrogens is 124 g/mol. The van der Waals surface area contributed by atoms with Gasteiger partial charge in [0.25, 0.3) is 5.71 Å². The van der Waals surface area contributed by atoms with Crippen molar-refractivity contribution in [3.05, 3.63) is 0 Å². The number of nitrogens with zero attached hydrogens (tertiary/aromatic N) is 1. The van der Waals surface area contributed by atoms with E-state index in [0.29, 0.717) is 0 Å². The minimum Gasteiger partial charge on any atom is -0.476 e. The van der Waals surface area contributed by atoms with Crippen LogP contribution < -0.4 is 0 Å². The number of aliphatic carboxylic acids is 1. The highest BCUT2D eigenvalue weighted by atomic mass is 16.4. The molecule has 0 spiro atoms. The summed E-state index contributed by atoms with van der Waals surface area (Å²) < 4.78 is 0. The number of carboxylic acids is 1. The van der Waals surface area contributed by atoms with Crippen LogP contribution >= 0.6 is 0 Å². The van der Waals surface area contributed by atoms with Gasteiger partial charge >= 0.3 is 5.97 Å². The molecule has 0 aliphatic carbocycles. The molecule has 0 amide bonds. The second-order valence-electron chi connectivity index (χ2n) is 1.39. The monoisotopic (exact) mass is 131 g/mol. The highest BCUT2D eigenvalue weighted by Crippen LogP contribution is 1.79. The molecule has 0 aromatic heterocycles. The van der Waals surface area contributed by atoms with Crippen LogP contribution in [0, 0.1) is 5.41 Å². The molecule has 0 fully saturated rings. The highest BCUT2D eigenvalue weighted by molar-refractivity contribution is 6.64. The summed E-state index contributed by atoms with van der Waals surface area (Å²) in [5, 5.41) is 23.8. The molecule has 0 bridgehead atoms. The zero-order chi connectivity index (χ0) is 7.44. The molecule has 5 heteroatoms. The molecule has 0 aliphatic rings. The molecule has 9 heavy (non-hydrogen) atoms. The summed E-state index contributed by atoms with van der Waals surface area (Å²) in [7, 11) is 0. The van der Waals surface area contributed by atoms with Crippen LogP contribution in [0.3, 0.4) is 0 Å². The largest absolute Gasteiger partial charge is 0.476 e. The van der Waals surface area contributed by atoms with E-state index in [0.717, 1.165) is 0 Å². The fraction of sp³-hybridized carbons (Fsp3) is 0.250.